The summed E-state index contributed by atoms with van der Waals surface area (Å²) < 4.78 is 0. The molecule has 2 atom stereocenters. The fourth-order valence-corrected chi connectivity index (χ4v) is 6.51. The summed E-state index contributed by atoms with van der Waals surface area (Å²) >= 11 is 0. The molecule has 0 aliphatic heterocycles. The quantitative estimate of drug-likeness (QED) is 0.0536. The number of amides is 1. The maximum absolute atomic E-state index is 13.3. The van der Waals surface area contributed by atoms with Crippen molar-refractivity contribution < 1.29 is 14.4 Å². The van der Waals surface area contributed by atoms with Gasteiger partial charge >= 0.3 is 0 Å². The Kier molecular flexibility index (Phi) is 32.9. The van der Waals surface area contributed by atoms with Crippen LogP contribution < -0.4 is 5.73 Å². The van der Waals surface area contributed by atoms with Crippen LogP contribution in [0.4, 0.5) is 0 Å². The summed E-state index contributed by atoms with van der Waals surface area (Å²) in [4.78, 5) is 40.2. The number of nitrogens with two attached hydrogens (primary N) is 1. The number of carbonyl (C=O) groups excluding carboxylic acids is 3. The van der Waals surface area contributed by atoms with Gasteiger partial charge in [-0.05, 0) is 78.3 Å². The molecule has 274 valence electrons. The van der Waals surface area contributed by atoms with Crippen LogP contribution in [0.1, 0.15) is 200 Å². The third-order valence-corrected chi connectivity index (χ3v) is 9.49. The first-order valence-corrected chi connectivity index (χ1v) is 20.1. The molecule has 47 heavy (non-hydrogen) atoms. The number of hydrogen-bond donors (Lipinski definition) is 1. The van der Waals surface area contributed by atoms with Crippen molar-refractivity contribution in [1.29, 1.82) is 0 Å². The van der Waals surface area contributed by atoms with Crippen molar-refractivity contribution in [2.24, 2.45) is 11.7 Å². The van der Waals surface area contributed by atoms with E-state index in [1.54, 1.807) is 19.0 Å². The summed E-state index contributed by atoms with van der Waals surface area (Å²) in [7, 11) is 3.54. The number of primary amides is 1. The smallest absolute Gasteiger partial charge is 0.235 e. The normalized spacial score (nSPS) is 13.2. The van der Waals surface area contributed by atoms with Crippen LogP contribution in [0, 0.1) is 5.92 Å². The highest BCUT2D eigenvalue weighted by Gasteiger charge is 2.34. The molecule has 1 amide bonds. The van der Waals surface area contributed by atoms with Crippen molar-refractivity contribution in [3.05, 3.63) is 24.3 Å². The van der Waals surface area contributed by atoms with Gasteiger partial charge in [0.15, 0.2) is 0 Å². The Bertz CT molecular complexity index is 804. The van der Waals surface area contributed by atoms with Crippen LogP contribution in [-0.2, 0) is 14.4 Å². The maximum Gasteiger partial charge on any atom is 0.235 e. The van der Waals surface area contributed by atoms with Gasteiger partial charge in [-0.3, -0.25) is 19.3 Å². The van der Waals surface area contributed by atoms with Crippen LogP contribution >= 0.6 is 0 Å². The molecule has 0 radical (unpaired) electrons. The Morgan fingerprint density at radius 3 is 1.21 bits per heavy atom. The Labute approximate surface area is 292 Å². The van der Waals surface area contributed by atoms with E-state index in [2.05, 4.69) is 38.2 Å². The van der Waals surface area contributed by atoms with Crippen LogP contribution in [0.3, 0.4) is 0 Å². The minimum atomic E-state index is -0.733. The van der Waals surface area contributed by atoms with Gasteiger partial charge in [-0.2, -0.15) is 0 Å². The molecule has 0 aromatic heterocycles. The zero-order chi connectivity index (χ0) is 34.8. The Morgan fingerprint density at radius 1 is 0.511 bits per heavy atom. The molecule has 2 N–H and O–H groups in total. The van der Waals surface area contributed by atoms with Crippen LogP contribution in [0.15, 0.2) is 24.3 Å². The van der Waals surface area contributed by atoms with E-state index in [4.69, 9.17) is 5.73 Å². The first-order valence-electron chi connectivity index (χ1n) is 20.1. The molecule has 0 heterocycles. The van der Waals surface area contributed by atoms with Crippen molar-refractivity contribution in [1.82, 2.24) is 4.90 Å². The lowest BCUT2D eigenvalue weighted by Crippen LogP contribution is -2.49. The molecular formula is C42H78N2O3. The second-order valence-corrected chi connectivity index (χ2v) is 14.3. The zero-order valence-electron chi connectivity index (χ0n) is 31.7. The second-order valence-electron chi connectivity index (χ2n) is 14.3. The highest BCUT2D eigenvalue weighted by atomic mass is 16.2. The fourth-order valence-electron chi connectivity index (χ4n) is 6.51. The average molecular weight is 659 g/mol. The van der Waals surface area contributed by atoms with E-state index in [0.717, 1.165) is 51.4 Å². The third-order valence-electron chi connectivity index (χ3n) is 9.49. The molecule has 0 aromatic rings. The van der Waals surface area contributed by atoms with Crippen LogP contribution in [0.2, 0.25) is 0 Å². The fraction of sp³-hybridized carbons (Fsp3) is 0.833. The number of likely N-dealkylation sites (N-methyl/N-ethyl adjacent to an activating group) is 1. The minimum absolute atomic E-state index is 0.0121. The summed E-state index contributed by atoms with van der Waals surface area (Å²) in [5.74, 6) is -1.07. The van der Waals surface area contributed by atoms with Gasteiger partial charge in [-0.25, -0.2) is 0 Å². The Morgan fingerprint density at radius 2 is 0.851 bits per heavy atom. The Balaban J connectivity index is 4.20. The molecule has 0 aliphatic rings. The topological polar surface area (TPSA) is 80.5 Å². The number of nitrogens with zero attached hydrogens (tertiary/aromatic N) is 1. The van der Waals surface area contributed by atoms with Crippen molar-refractivity contribution in [2.75, 3.05) is 14.1 Å². The van der Waals surface area contributed by atoms with E-state index >= 15 is 0 Å². The van der Waals surface area contributed by atoms with Crippen molar-refractivity contribution in [3.63, 3.8) is 0 Å². The van der Waals surface area contributed by atoms with Gasteiger partial charge in [-0.1, -0.05) is 141 Å². The molecule has 0 saturated carbocycles. The summed E-state index contributed by atoms with van der Waals surface area (Å²) in [5.41, 5.74) is 5.72. The predicted octanol–water partition coefficient (Wildman–Crippen LogP) is 11.6. The molecule has 0 rings (SSSR count). The number of Topliss-reactive ketones (excluding diaryl/α,β-unsaturated/α-hetero) is 2. The van der Waals surface area contributed by atoms with Gasteiger partial charge in [0.1, 0.15) is 11.6 Å². The highest BCUT2D eigenvalue weighted by Crippen LogP contribution is 2.21. The average Bonchev–Trinajstić information content (AvgIpc) is 3.04. The molecule has 0 aliphatic carbocycles. The summed E-state index contributed by atoms with van der Waals surface area (Å²) in [6.45, 7) is 4.52. The maximum atomic E-state index is 13.3. The summed E-state index contributed by atoms with van der Waals surface area (Å²) in [6, 6.07) is -0.733. The van der Waals surface area contributed by atoms with E-state index in [1.807, 2.05) is 0 Å². The molecule has 5 heteroatoms. The SMILES string of the molecule is CCCCCCCC/C=C\CCCCCCCC(=O)CC(C(=O)CCCCCCC/C=C\CCCCCCCC)C(C(N)=O)N(C)C. The molecule has 0 aromatic carbocycles. The largest absolute Gasteiger partial charge is 0.368 e. The standard InChI is InChI=1S/C42H78N2O3/c1-5-7-9-11-13-15-17-19-21-23-25-27-29-31-33-35-38(45)37-39(41(42(43)47)44(3)4)40(46)36-34-32-30-28-26-24-22-20-18-16-14-12-10-8-6-2/h19-22,39,41H,5-18,23-37H2,1-4H3,(H2,43,47)/b21-19-,22-20-. The lowest BCUT2D eigenvalue weighted by molar-refractivity contribution is -0.135. The molecule has 2 unspecified atom stereocenters. The number of ketones is 2. The number of rotatable bonds is 36. The lowest BCUT2D eigenvalue weighted by atomic mass is 9.85. The molecular weight excluding hydrogens is 580 g/mol. The van der Waals surface area contributed by atoms with Gasteiger partial charge in [0.25, 0.3) is 0 Å². The van der Waals surface area contributed by atoms with Gasteiger partial charge in [0.2, 0.25) is 5.91 Å². The van der Waals surface area contributed by atoms with E-state index in [9.17, 15) is 14.4 Å². The van der Waals surface area contributed by atoms with E-state index in [0.29, 0.717) is 12.8 Å². The number of hydrogen-bond acceptors (Lipinski definition) is 4. The third kappa shape index (κ3) is 28.9. The number of carbonyl (C=O) groups is 3. The molecule has 0 spiro atoms. The van der Waals surface area contributed by atoms with Crippen molar-refractivity contribution in [3.8, 4) is 0 Å². The number of unbranched alkanes of at least 4 members (excludes halogenated alkanes) is 22. The van der Waals surface area contributed by atoms with Gasteiger partial charge in [-0.15, -0.1) is 0 Å². The Hall–Kier alpha value is -1.75. The zero-order valence-corrected chi connectivity index (χ0v) is 31.7. The van der Waals surface area contributed by atoms with Crippen LogP contribution in [0.25, 0.3) is 0 Å². The first-order chi connectivity index (χ1) is 22.8. The van der Waals surface area contributed by atoms with Crippen LogP contribution in [0.5, 0.6) is 0 Å². The lowest BCUT2D eigenvalue weighted by Gasteiger charge is -2.28. The highest BCUT2D eigenvalue weighted by molar-refractivity contribution is 5.94. The summed E-state index contributed by atoms with van der Waals surface area (Å²) in [5, 5.41) is 0. The minimum Gasteiger partial charge on any atom is -0.368 e. The predicted molar refractivity (Wildman–Crippen MR) is 204 cm³/mol. The second kappa shape index (κ2) is 34.1. The van der Waals surface area contributed by atoms with Crippen LogP contribution in [-0.4, -0.2) is 42.5 Å². The van der Waals surface area contributed by atoms with Crippen molar-refractivity contribution >= 4 is 17.5 Å². The van der Waals surface area contributed by atoms with Gasteiger partial charge < -0.3 is 5.73 Å². The van der Waals surface area contributed by atoms with E-state index in [-0.39, 0.29) is 18.0 Å². The van der Waals surface area contributed by atoms with Crippen molar-refractivity contribution in [2.45, 2.75) is 206 Å². The van der Waals surface area contributed by atoms with Gasteiger partial charge in [0.05, 0.1) is 6.04 Å². The molecule has 5 nitrogen and oxygen atoms in total. The monoisotopic (exact) mass is 659 g/mol. The molecule has 0 bridgehead atoms. The summed E-state index contributed by atoms with van der Waals surface area (Å²) in [6.07, 6.45) is 42.0. The molecule has 0 saturated heterocycles. The van der Waals surface area contributed by atoms with E-state index < -0.39 is 17.9 Å². The molecule has 0 fully saturated rings. The number of allylic oxidation sites excluding steroid dienone is 4. The van der Waals surface area contributed by atoms with E-state index in [1.165, 1.54) is 116 Å². The first kappa shape index (κ1) is 45.2. The van der Waals surface area contributed by atoms with Gasteiger partial charge in [0, 0.05) is 25.2 Å².